The SMILES string of the molecule is [C-]#[N+]C[N+]#[C-]. The first-order valence-electron chi connectivity index (χ1n) is 1.08. The first-order chi connectivity index (χ1) is 2.41. The van der Waals surface area contributed by atoms with Gasteiger partial charge in [0.2, 0.25) is 0 Å². The minimum absolute atomic E-state index is 0.0278. The van der Waals surface area contributed by atoms with E-state index in [4.69, 9.17) is 13.1 Å². The van der Waals surface area contributed by atoms with E-state index in [-0.39, 0.29) is 6.67 Å². The van der Waals surface area contributed by atoms with Crippen LogP contribution in [-0.2, 0) is 0 Å². The van der Waals surface area contributed by atoms with Gasteiger partial charge in [0.15, 0.2) is 0 Å². The molecule has 0 unspecified atom stereocenters. The van der Waals surface area contributed by atoms with E-state index in [0.717, 1.165) is 0 Å². The highest BCUT2D eigenvalue weighted by Gasteiger charge is 1.64. The molecule has 0 saturated heterocycles. The number of hydrogen-bond acceptors (Lipinski definition) is 0. The molecule has 0 saturated carbocycles. The average molecular weight is 66.1 g/mol. The van der Waals surface area contributed by atoms with Gasteiger partial charge in [0.25, 0.3) is 0 Å². The van der Waals surface area contributed by atoms with Crippen molar-refractivity contribution >= 4 is 0 Å². The molecule has 2 nitrogen and oxygen atoms in total. The van der Waals surface area contributed by atoms with Gasteiger partial charge in [-0.1, -0.05) is 0 Å². The second kappa shape index (κ2) is 2.98. The molecule has 0 bridgehead atoms. The van der Waals surface area contributed by atoms with Crippen molar-refractivity contribution in [1.82, 2.24) is 0 Å². The molecule has 0 aliphatic carbocycles. The van der Waals surface area contributed by atoms with E-state index < -0.39 is 0 Å². The molecule has 0 aliphatic heterocycles. The summed E-state index contributed by atoms with van der Waals surface area (Å²) in [5.74, 6) is 0. The second-order valence-corrected chi connectivity index (χ2v) is 0.458. The molecule has 0 aliphatic rings. The van der Waals surface area contributed by atoms with E-state index in [1.807, 2.05) is 0 Å². The zero-order chi connectivity index (χ0) is 4.12. The normalized spacial score (nSPS) is 4.40. The zero-order valence-corrected chi connectivity index (χ0v) is 2.60. The molecule has 0 aromatic rings. The van der Waals surface area contributed by atoms with Crippen LogP contribution in [0.4, 0.5) is 0 Å². The molecule has 0 radical (unpaired) electrons. The largest absolute Gasteiger partial charge is 0.466 e. The van der Waals surface area contributed by atoms with Crippen LogP contribution in [0.2, 0.25) is 0 Å². The Balaban J connectivity index is 2.86. The van der Waals surface area contributed by atoms with Gasteiger partial charge in [0, 0.05) is 0 Å². The molecule has 0 heterocycles. The molecule has 2 heteroatoms. The van der Waals surface area contributed by atoms with Gasteiger partial charge in [-0.3, -0.25) is 0 Å². The Hall–Kier alpha value is -1.02. The van der Waals surface area contributed by atoms with Crippen LogP contribution in [0.25, 0.3) is 9.69 Å². The van der Waals surface area contributed by atoms with Crippen LogP contribution in [0, 0.1) is 13.1 Å². The Morgan fingerprint density at radius 1 is 1.20 bits per heavy atom. The van der Waals surface area contributed by atoms with Crippen LogP contribution in [0.5, 0.6) is 0 Å². The molecule has 0 aromatic heterocycles. The van der Waals surface area contributed by atoms with Crippen molar-refractivity contribution in [3.63, 3.8) is 0 Å². The lowest BCUT2D eigenvalue weighted by Gasteiger charge is -1.51. The molecule has 0 atom stereocenters. The van der Waals surface area contributed by atoms with Gasteiger partial charge in [-0.25, -0.2) is 22.8 Å². The van der Waals surface area contributed by atoms with Crippen LogP contribution in [0.1, 0.15) is 0 Å². The van der Waals surface area contributed by atoms with E-state index in [2.05, 4.69) is 9.69 Å². The molecule has 0 fully saturated rings. The molecule has 24 valence electrons. The standard InChI is InChI=1S/C3H2N2/c1-4-3-5-2/h3H2. The first-order valence-corrected chi connectivity index (χ1v) is 1.08. The Morgan fingerprint density at radius 2 is 1.60 bits per heavy atom. The Bertz CT molecular complexity index is 70.0. The third kappa shape index (κ3) is 2.98. The highest BCUT2D eigenvalue weighted by atomic mass is 14.8. The monoisotopic (exact) mass is 66.0 g/mol. The maximum absolute atomic E-state index is 6.01. The van der Waals surface area contributed by atoms with Gasteiger partial charge in [0.05, 0.1) is 0 Å². The van der Waals surface area contributed by atoms with Gasteiger partial charge < -0.3 is 0 Å². The summed E-state index contributed by atoms with van der Waals surface area (Å²) in [6, 6.07) is 0. The van der Waals surface area contributed by atoms with Crippen molar-refractivity contribution < 1.29 is 0 Å². The lowest BCUT2D eigenvalue weighted by Crippen LogP contribution is -1.48. The van der Waals surface area contributed by atoms with E-state index in [9.17, 15) is 0 Å². The molecule has 0 N–H and O–H groups in total. The smallest absolute Gasteiger partial charge is 0.236 e. The van der Waals surface area contributed by atoms with E-state index in [1.165, 1.54) is 0 Å². The first kappa shape index (κ1) is 3.98. The molecule has 0 rings (SSSR count). The van der Waals surface area contributed by atoms with Crippen LogP contribution in [-0.4, -0.2) is 6.67 Å². The van der Waals surface area contributed by atoms with Gasteiger partial charge in [-0.2, -0.15) is 0 Å². The number of hydrogen-bond donors (Lipinski definition) is 0. The van der Waals surface area contributed by atoms with Crippen molar-refractivity contribution in [2.75, 3.05) is 6.67 Å². The quantitative estimate of drug-likeness (QED) is 0.369. The summed E-state index contributed by atoms with van der Waals surface area (Å²) in [5, 5.41) is 0. The van der Waals surface area contributed by atoms with Crippen molar-refractivity contribution in [2.24, 2.45) is 0 Å². The number of nitrogens with zero attached hydrogens (tertiary/aromatic N) is 2. The van der Waals surface area contributed by atoms with Crippen LogP contribution in [0.3, 0.4) is 0 Å². The fourth-order valence-corrected chi connectivity index (χ4v) is 0.0354. The third-order valence-corrected chi connectivity index (χ3v) is 0.141. The third-order valence-electron chi connectivity index (χ3n) is 0.141. The maximum Gasteiger partial charge on any atom is 0.466 e. The van der Waals surface area contributed by atoms with Gasteiger partial charge in [-0.05, 0) is 0 Å². The van der Waals surface area contributed by atoms with Crippen LogP contribution < -0.4 is 0 Å². The average Bonchev–Trinajstić information content (AvgIpc) is 1.41. The van der Waals surface area contributed by atoms with Gasteiger partial charge in [0.1, 0.15) is 0 Å². The highest BCUT2D eigenvalue weighted by Crippen LogP contribution is 1.61. The van der Waals surface area contributed by atoms with E-state index in [0.29, 0.717) is 0 Å². The van der Waals surface area contributed by atoms with Crippen molar-refractivity contribution in [2.45, 2.75) is 0 Å². The molecular weight excluding hydrogens is 64.0 g/mol. The lowest BCUT2D eigenvalue weighted by molar-refractivity contribution is 1.53. The number of rotatable bonds is 0. The maximum atomic E-state index is 6.01. The molecule has 0 spiro atoms. The Kier molecular flexibility index (Phi) is 2.37. The fraction of sp³-hybridized carbons (Fsp3) is 0.333. The second-order valence-electron chi connectivity index (χ2n) is 0.458. The summed E-state index contributed by atoms with van der Waals surface area (Å²) < 4.78 is 0. The topological polar surface area (TPSA) is 8.72 Å². The van der Waals surface area contributed by atoms with E-state index >= 15 is 0 Å². The predicted octanol–water partition coefficient (Wildman–Crippen LogP) is 0.782. The van der Waals surface area contributed by atoms with Gasteiger partial charge in [-0.15, -0.1) is 0 Å². The minimum atomic E-state index is -0.0278. The lowest BCUT2D eigenvalue weighted by atomic mass is 11.2. The fourth-order valence-electron chi connectivity index (χ4n) is 0.0354. The van der Waals surface area contributed by atoms with Crippen LogP contribution in [0.15, 0.2) is 0 Å². The Labute approximate surface area is 30.7 Å². The summed E-state index contributed by atoms with van der Waals surface area (Å²) in [7, 11) is 0. The zero-order valence-electron chi connectivity index (χ0n) is 2.60. The molecule has 0 aromatic carbocycles. The van der Waals surface area contributed by atoms with Crippen LogP contribution >= 0.6 is 0 Å². The molecule has 0 amide bonds. The van der Waals surface area contributed by atoms with Gasteiger partial charge >= 0.3 is 6.67 Å². The Morgan fingerprint density at radius 3 is 1.60 bits per heavy atom. The van der Waals surface area contributed by atoms with Crippen molar-refractivity contribution in [3.05, 3.63) is 22.8 Å². The van der Waals surface area contributed by atoms with Crippen molar-refractivity contribution in [1.29, 1.82) is 0 Å². The summed E-state index contributed by atoms with van der Waals surface area (Å²) in [5.41, 5.74) is 0. The molecule has 5 heavy (non-hydrogen) atoms. The summed E-state index contributed by atoms with van der Waals surface area (Å²) >= 11 is 0. The predicted molar refractivity (Wildman–Crippen MR) is 18.1 cm³/mol. The summed E-state index contributed by atoms with van der Waals surface area (Å²) in [4.78, 5) is 5.50. The summed E-state index contributed by atoms with van der Waals surface area (Å²) in [6.07, 6.45) is 0. The highest BCUT2D eigenvalue weighted by molar-refractivity contribution is 4.65. The van der Waals surface area contributed by atoms with Crippen molar-refractivity contribution in [3.8, 4) is 0 Å². The summed E-state index contributed by atoms with van der Waals surface area (Å²) in [6.45, 7) is 12.0. The minimum Gasteiger partial charge on any atom is -0.236 e. The molecular formula is C3H2N2. The van der Waals surface area contributed by atoms with E-state index in [1.54, 1.807) is 0 Å².